The van der Waals surface area contributed by atoms with Crippen LogP contribution in [0.15, 0.2) is 60.9 Å². The Morgan fingerprint density at radius 3 is 2.88 bits per heavy atom. The molecular formula is C26H20N6S. The number of nitrogens with zero attached hydrogens (tertiary/aromatic N) is 4. The van der Waals surface area contributed by atoms with E-state index in [1.807, 2.05) is 62.8 Å². The van der Waals surface area contributed by atoms with E-state index in [0.717, 1.165) is 55.3 Å². The van der Waals surface area contributed by atoms with Gasteiger partial charge in [0.15, 0.2) is 0 Å². The van der Waals surface area contributed by atoms with E-state index in [4.69, 9.17) is 0 Å². The van der Waals surface area contributed by atoms with E-state index < -0.39 is 0 Å². The monoisotopic (exact) mass is 448 g/mol. The zero-order valence-electron chi connectivity index (χ0n) is 18.2. The lowest BCUT2D eigenvalue weighted by Gasteiger charge is -2.09. The summed E-state index contributed by atoms with van der Waals surface area (Å²) in [6.07, 6.45) is 3.52. The molecule has 1 aromatic carbocycles. The van der Waals surface area contributed by atoms with E-state index in [9.17, 15) is 5.26 Å². The van der Waals surface area contributed by atoms with E-state index >= 15 is 0 Å². The first-order valence-electron chi connectivity index (χ1n) is 10.4. The molecule has 0 aliphatic heterocycles. The quantitative estimate of drug-likeness (QED) is 0.367. The van der Waals surface area contributed by atoms with Gasteiger partial charge in [-0.1, -0.05) is 6.07 Å². The maximum absolute atomic E-state index is 9.67. The SMILES string of the molecule is CN(C)Cc1cccc(C#Cc2cc3c(Nc4ccc5[nH]ccc5c4)c(C#N)cnc3s2)n1. The van der Waals surface area contributed by atoms with Crippen LogP contribution in [0.1, 0.15) is 21.8 Å². The number of hydrogen-bond acceptors (Lipinski definition) is 6. The van der Waals surface area contributed by atoms with E-state index in [-0.39, 0.29) is 0 Å². The van der Waals surface area contributed by atoms with Gasteiger partial charge in [0, 0.05) is 40.9 Å². The molecule has 160 valence electrons. The minimum atomic E-state index is 0.493. The van der Waals surface area contributed by atoms with Crippen LogP contribution in [0, 0.1) is 23.2 Å². The van der Waals surface area contributed by atoms with Crippen molar-refractivity contribution >= 4 is 43.8 Å². The van der Waals surface area contributed by atoms with Gasteiger partial charge in [-0.3, -0.25) is 0 Å². The molecule has 0 fully saturated rings. The summed E-state index contributed by atoms with van der Waals surface area (Å²) in [6.45, 7) is 0.767. The van der Waals surface area contributed by atoms with Gasteiger partial charge < -0.3 is 15.2 Å². The molecule has 0 aliphatic rings. The normalized spacial score (nSPS) is 10.8. The first kappa shape index (κ1) is 20.7. The molecule has 0 bridgehead atoms. The van der Waals surface area contributed by atoms with Crippen LogP contribution in [0.25, 0.3) is 21.1 Å². The zero-order valence-corrected chi connectivity index (χ0v) is 19.0. The van der Waals surface area contributed by atoms with Crippen LogP contribution in [0.3, 0.4) is 0 Å². The number of thiophene rings is 1. The van der Waals surface area contributed by atoms with Gasteiger partial charge in [-0.15, -0.1) is 11.3 Å². The van der Waals surface area contributed by atoms with Crippen molar-refractivity contribution in [3.63, 3.8) is 0 Å². The lowest BCUT2D eigenvalue weighted by Crippen LogP contribution is -2.12. The second-order valence-corrected chi connectivity index (χ2v) is 8.93. The average molecular weight is 449 g/mol. The molecule has 7 heteroatoms. The number of nitriles is 1. The molecule has 2 N–H and O–H groups in total. The Kier molecular flexibility index (Phi) is 5.50. The summed E-state index contributed by atoms with van der Waals surface area (Å²) in [5, 5.41) is 15.1. The molecule has 0 atom stereocenters. The van der Waals surface area contributed by atoms with E-state index in [1.165, 1.54) is 11.3 Å². The van der Waals surface area contributed by atoms with Crippen molar-refractivity contribution in [3.8, 4) is 17.9 Å². The predicted molar refractivity (Wildman–Crippen MR) is 134 cm³/mol. The largest absolute Gasteiger partial charge is 0.361 e. The third-order valence-electron chi connectivity index (χ3n) is 5.10. The predicted octanol–water partition coefficient (Wildman–Crippen LogP) is 5.25. The van der Waals surface area contributed by atoms with Crippen LogP contribution in [-0.4, -0.2) is 33.9 Å². The lowest BCUT2D eigenvalue weighted by atomic mass is 10.1. The summed E-state index contributed by atoms with van der Waals surface area (Å²) in [5.41, 5.74) is 4.92. The first-order valence-corrected chi connectivity index (χ1v) is 11.2. The van der Waals surface area contributed by atoms with Gasteiger partial charge >= 0.3 is 0 Å². The number of fused-ring (bicyclic) bond motifs is 2. The minimum Gasteiger partial charge on any atom is -0.361 e. The number of nitrogens with one attached hydrogen (secondary N) is 2. The van der Waals surface area contributed by atoms with E-state index in [2.05, 4.69) is 49.1 Å². The molecule has 4 aromatic heterocycles. The summed E-state index contributed by atoms with van der Waals surface area (Å²) in [7, 11) is 4.03. The lowest BCUT2D eigenvalue weighted by molar-refractivity contribution is 0.397. The number of anilines is 2. The Labute approximate surface area is 195 Å². The highest BCUT2D eigenvalue weighted by molar-refractivity contribution is 7.19. The summed E-state index contributed by atoms with van der Waals surface area (Å²) >= 11 is 1.50. The number of H-pyrrole nitrogens is 1. The van der Waals surface area contributed by atoms with Crippen molar-refractivity contribution in [2.45, 2.75) is 6.54 Å². The Balaban J connectivity index is 1.50. The Hall–Kier alpha value is -4.17. The van der Waals surface area contributed by atoms with Crippen molar-refractivity contribution in [2.24, 2.45) is 0 Å². The summed E-state index contributed by atoms with van der Waals surface area (Å²) in [5.74, 6) is 6.38. The fourth-order valence-electron chi connectivity index (χ4n) is 3.63. The Bertz CT molecular complexity index is 1580. The van der Waals surface area contributed by atoms with Crippen LogP contribution in [0.4, 0.5) is 11.4 Å². The molecule has 0 saturated carbocycles. The van der Waals surface area contributed by atoms with Crippen molar-refractivity contribution in [2.75, 3.05) is 19.4 Å². The van der Waals surface area contributed by atoms with Gasteiger partial charge in [0.05, 0.1) is 21.8 Å². The third-order valence-corrected chi connectivity index (χ3v) is 6.06. The number of rotatable bonds is 4. The molecule has 33 heavy (non-hydrogen) atoms. The Morgan fingerprint density at radius 2 is 2.03 bits per heavy atom. The average Bonchev–Trinajstić information content (AvgIpc) is 3.44. The molecule has 0 spiro atoms. The van der Waals surface area contributed by atoms with Gasteiger partial charge in [-0.05, 0) is 68.4 Å². The molecule has 6 nitrogen and oxygen atoms in total. The van der Waals surface area contributed by atoms with Crippen molar-refractivity contribution < 1.29 is 0 Å². The highest BCUT2D eigenvalue weighted by atomic mass is 32.1. The number of hydrogen-bond donors (Lipinski definition) is 2. The van der Waals surface area contributed by atoms with Crippen LogP contribution < -0.4 is 5.32 Å². The zero-order chi connectivity index (χ0) is 22.8. The summed E-state index contributed by atoms with van der Waals surface area (Å²) in [6, 6.07) is 18.2. The second kappa shape index (κ2) is 8.76. The van der Waals surface area contributed by atoms with Crippen molar-refractivity contribution in [1.29, 1.82) is 5.26 Å². The van der Waals surface area contributed by atoms with E-state index in [1.54, 1.807) is 6.20 Å². The molecule has 0 saturated heterocycles. The number of pyridine rings is 2. The highest BCUT2D eigenvalue weighted by Gasteiger charge is 2.13. The van der Waals surface area contributed by atoms with Gasteiger partial charge in [-0.2, -0.15) is 5.26 Å². The van der Waals surface area contributed by atoms with Crippen LogP contribution in [0.2, 0.25) is 0 Å². The van der Waals surface area contributed by atoms with Crippen LogP contribution in [-0.2, 0) is 6.54 Å². The number of benzene rings is 1. The molecule has 5 aromatic rings. The molecule has 4 heterocycles. The second-order valence-electron chi connectivity index (χ2n) is 7.89. The van der Waals surface area contributed by atoms with E-state index in [0.29, 0.717) is 5.56 Å². The summed E-state index contributed by atoms with van der Waals surface area (Å²) in [4.78, 5) is 16.1. The van der Waals surface area contributed by atoms with Gasteiger partial charge in [-0.25, -0.2) is 9.97 Å². The Morgan fingerprint density at radius 1 is 1.12 bits per heavy atom. The standard InChI is InChI=1S/C26H20N6S/c1-32(2)16-21-5-3-4-19(30-21)6-8-22-13-23-25(18(14-27)15-29-26(23)33-22)31-20-7-9-24-17(12-20)10-11-28-24/h3-5,7,9-13,15,28H,16H2,1-2H3,(H,29,31). The highest BCUT2D eigenvalue weighted by Crippen LogP contribution is 2.34. The third kappa shape index (κ3) is 4.42. The fraction of sp³-hybridized carbons (Fsp3) is 0.115. The molecule has 0 aliphatic carbocycles. The summed E-state index contributed by atoms with van der Waals surface area (Å²) < 4.78 is 0. The van der Waals surface area contributed by atoms with Crippen molar-refractivity contribution in [3.05, 3.63) is 82.8 Å². The number of aromatic nitrogens is 3. The van der Waals surface area contributed by atoms with Gasteiger partial charge in [0.1, 0.15) is 16.6 Å². The van der Waals surface area contributed by atoms with Gasteiger partial charge in [0.25, 0.3) is 0 Å². The minimum absolute atomic E-state index is 0.493. The molecule has 5 rings (SSSR count). The van der Waals surface area contributed by atoms with Crippen LogP contribution in [0.5, 0.6) is 0 Å². The molecule has 0 unspecified atom stereocenters. The molecule has 0 amide bonds. The fourth-order valence-corrected chi connectivity index (χ4v) is 4.50. The number of aromatic amines is 1. The maximum Gasteiger partial charge on any atom is 0.126 e. The first-order chi connectivity index (χ1) is 16.1. The molecular weight excluding hydrogens is 428 g/mol. The topological polar surface area (TPSA) is 80.6 Å². The van der Waals surface area contributed by atoms with Crippen molar-refractivity contribution in [1.82, 2.24) is 19.9 Å². The maximum atomic E-state index is 9.67. The van der Waals surface area contributed by atoms with Crippen LogP contribution >= 0.6 is 11.3 Å². The molecule has 0 radical (unpaired) electrons. The smallest absolute Gasteiger partial charge is 0.126 e. The van der Waals surface area contributed by atoms with Gasteiger partial charge in [0.2, 0.25) is 0 Å².